The van der Waals surface area contributed by atoms with Crippen LogP contribution in [-0.2, 0) is 20.7 Å². The van der Waals surface area contributed by atoms with Gasteiger partial charge in [0.05, 0.1) is 18.1 Å². The number of hydrogen-bond acceptors (Lipinski definition) is 7. The van der Waals surface area contributed by atoms with Crippen LogP contribution in [0.3, 0.4) is 0 Å². The molecule has 1 unspecified atom stereocenters. The van der Waals surface area contributed by atoms with Crippen LogP contribution in [0.2, 0.25) is 0 Å². The highest BCUT2D eigenvalue weighted by molar-refractivity contribution is 7.86. The van der Waals surface area contributed by atoms with Crippen molar-refractivity contribution in [3.8, 4) is 17.0 Å². The molecule has 4 atom stereocenters. The molecule has 7 nitrogen and oxygen atoms in total. The molecule has 0 spiro atoms. The van der Waals surface area contributed by atoms with Crippen molar-refractivity contribution in [2.75, 3.05) is 12.0 Å². The van der Waals surface area contributed by atoms with E-state index in [9.17, 15) is 17.2 Å². The van der Waals surface area contributed by atoms with E-state index in [4.69, 9.17) is 9.92 Å². The number of hydrogen-bond donors (Lipinski definition) is 1. The molecule has 2 N–H and O–H groups in total. The van der Waals surface area contributed by atoms with Crippen molar-refractivity contribution in [2.24, 2.45) is 11.8 Å². The number of nitrogen functional groups attached to an aromatic ring is 1. The van der Waals surface area contributed by atoms with Crippen LogP contribution < -0.4 is 10.5 Å². The average Bonchev–Trinajstić information content (AvgIpc) is 3.17. The fourth-order valence-electron chi connectivity index (χ4n) is 4.53. The minimum atomic E-state index is -3.45. The summed E-state index contributed by atoms with van der Waals surface area (Å²) in [7, 11) is -3.45. The van der Waals surface area contributed by atoms with Gasteiger partial charge < -0.3 is 10.5 Å². The quantitative estimate of drug-likeness (QED) is 0.660. The number of pyridine rings is 2. The number of aromatic nitrogens is 2. The van der Waals surface area contributed by atoms with Crippen molar-refractivity contribution in [1.82, 2.24) is 9.97 Å². The van der Waals surface area contributed by atoms with Crippen LogP contribution in [0.5, 0.6) is 5.75 Å². The molecule has 2 saturated carbocycles. The van der Waals surface area contributed by atoms with Crippen LogP contribution in [0.15, 0.2) is 24.4 Å². The van der Waals surface area contributed by atoms with E-state index in [-0.39, 0.29) is 17.7 Å². The van der Waals surface area contributed by atoms with E-state index in [2.05, 4.69) is 20.8 Å². The van der Waals surface area contributed by atoms with Gasteiger partial charge in [0.2, 0.25) is 0 Å². The van der Waals surface area contributed by atoms with E-state index >= 15 is 0 Å². The summed E-state index contributed by atoms with van der Waals surface area (Å²) in [4.78, 5) is 8.57. The Morgan fingerprint density at radius 3 is 2.53 bits per heavy atom. The van der Waals surface area contributed by atoms with Crippen molar-refractivity contribution in [1.29, 1.82) is 0 Å². The average molecular weight is 439 g/mol. The largest absolute Gasteiger partial charge is 0.431 e. The molecular weight excluding hydrogens is 416 g/mol. The number of nitrogens with two attached hydrogens (primary N) is 1. The first-order valence-electron chi connectivity index (χ1n) is 9.74. The van der Waals surface area contributed by atoms with E-state index < -0.39 is 16.7 Å². The predicted molar refractivity (Wildman–Crippen MR) is 107 cm³/mol. The number of fused-ring (bicyclic) bond motifs is 1. The van der Waals surface area contributed by atoms with Gasteiger partial charge in [-0.2, -0.15) is 17.2 Å². The van der Waals surface area contributed by atoms with E-state index in [0.29, 0.717) is 48.3 Å². The Kier molecular flexibility index (Phi) is 5.39. The van der Waals surface area contributed by atoms with E-state index in [1.807, 2.05) is 13.0 Å². The summed E-state index contributed by atoms with van der Waals surface area (Å²) in [5.41, 5.74) is 8.78. The SMILES string of the molecule is CCc1cc([C@H]2[C@@H]3CC(OS(C)(=O)=O)C[C@@H]32)cc(-c2cnc(N)c(OC(F)F)c2)n1. The van der Waals surface area contributed by atoms with Crippen molar-refractivity contribution in [2.45, 2.75) is 44.8 Å². The number of rotatable bonds is 7. The lowest BCUT2D eigenvalue weighted by atomic mass is 9.99. The maximum atomic E-state index is 12.6. The number of anilines is 1. The fourth-order valence-corrected chi connectivity index (χ4v) is 5.18. The number of ether oxygens (including phenoxy) is 1. The number of aryl methyl sites for hydroxylation is 1. The topological polar surface area (TPSA) is 104 Å². The lowest BCUT2D eigenvalue weighted by molar-refractivity contribution is -0.0494. The van der Waals surface area contributed by atoms with Crippen LogP contribution in [0.1, 0.15) is 36.9 Å². The van der Waals surface area contributed by atoms with E-state index in [0.717, 1.165) is 17.5 Å². The van der Waals surface area contributed by atoms with Crippen LogP contribution >= 0.6 is 0 Å². The Bertz CT molecular complexity index is 1050. The van der Waals surface area contributed by atoms with Crippen molar-refractivity contribution in [3.63, 3.8) is 0 Å². The van der Waals surface area contributed by atoms with Crippen LogP contribution in [0, 0.1) is 11.8 Å². The molecular formula is C20H23F2N3O4S. The fraction of sp³-hybridized carbons (Fsp3) is 0.500. The van der Waals surface area contributed by atoms with Gasteiger partial charge in [0.15, 0.2) is 11.6 Å². The van der Waals surface area contributed by atoms with Gasteiger partial charge in [-0.15, -0.1) is 0 Å². The minimum absolute atomic E-state index is 0.112. The predicted octanol–water partition coefficient (Wildman–Crippen LogP) is 3.36. The standard InChI is InChI=1S/C20H23F2N3O4S/c1-3-12-4-10(18-14-7-13(8-15(14)18)29-30(2,26)27)5-16(25-12)11-6-17(28-20(21)22)19(23)24-9-11/h4-6,9,13-15,18,20H,3,7-8H2,1-2H3,(H2,23,24)/t13?,14-,15+,18+. The molecule has 0 radical (unpaired) electrons. The monoisotopic (exact) mass is 439 g/mol. The van der Waals surface area contributed by atoms with Gasteiger partial charge in [-0.3, -0.25) is 9.17 Å². The molecule has 162 valence electrons. The van der Waals surface area contributed by atoms with Crippen molar-refractivity contribution >= 4 is 15.9 Å². The summed E-state index contributed by atoms with van der Waals surface area (Å²) < 4.78 is 57.6. The maximum absolute atomic E-state index is 12.6. The van der Waals surface area contributed by atoms with Gasteiger partial charge in [0.1, 0.15) is 0 Å². The molecule has 2 fully saturated rings. The van der Waals surface area contributed by atoms with Gasteiger partial charge >= 0.3 is 6.61 Å². The van der Waals surface area contributed by atoms with E-state index in [1.165, 1.54) is 12.3 Å². The molecule has 10 heteroatoms. The molecule has 2 aromatic heterocycles. The highest BCUT2D eigenvalue weighted by Crippen LogP contribution is 2.64. The Balaban J connectivity index is 1.58. The molecule has 4 rings (SSSR count). The number of alkyl halides is 2. The highest BCUT2D eigenvalue weighted by atomic mass is 32.2. The second-order valence-electron chi connectivity index (χ2n) is 7.86. The van der Waals surface area contributed by atoms with E-state index in [1.54, 1.807) is 0 Å². The lowest BCUT2D eigenvalue weighted by Crippen LogP contribution is -2.16. The third-order valence-electron chi connectivity index (χ3n) is 5.75. The second kappa shape index (κ2) is 7.73. The van der Waals surface area contributed by atoms with Crippen molar-refractivity contribution in [3.05, 3.63) is 35.7 Å². The highest BCUT2D eigenvalue weighted by Gasteiger charge is 2.57. The maximum Gasteiger partial charge on any atom is 0.387 e. The Labute approximate surface area is 173 Å². The Morgan fingerprint density at radius 1 is 1.23 bits per heavy atom. The summed E-state index contributed by atoms with van der Waals surface area (Å²) in [5.74, 6) is 0.768. The Hall–Kier alpha value is -2.33. The summed E-state index contributed by atoms with van der Waals surface area (Å²) in [5, 5.41) is 0. The molecule has 2 aliphatic rings. The zero-order valence-electron chi connectivity index (χ0n) is 16.6. The van der Waals surface area contributed by atoms with Crippen LogP contribution in [0.25, 0.3) is 11.3 Å². The van der Waals surface area contributed by atoms with Gasteiger partial charge in [0, 0.05) is 17.5 Å². The minimum Gasteiger partial charge on any atom is -0.431 e. The lowest BCUT2D eigenvalue weighted by Gasteiger charge is -2.15. The van der Waals surface area contributed by atoms with Gasteiger partial charge in [-0.25, -0.2) is 4.98 Å². The summed E-state index contributed by atoms with van der Waals surface area (Å²) in [6.07, 6.45) is 4.43. The summed E-state index contributed by atoms with van der Waals surface area (Å²) in [6.45, 7) is -1.01. The first kappa shape index (κ1) is 20.9. The molecule has 0 amide bonds. The van der Waals surface area contributed by atoms with Crippen molar-refractivity contribution < 1.29 is 26.1 Å². The molecule has 0 aromatic carbocycles. The third kappa shape index (κ3) is 4.39. The van der Waals surface area contributed by atoms with Gasteiger partial charge in [0.25, 0.3) is 10.1 Å². The first-order valence-corrected chi connectivity index (χ1v) is 11.6. The molecule has 0 bridgehead atoms. The number of nitrogens with zero attached hydrogens (tertiary/aromatic N) is 2. The molecule has 0 saturated heterocycles. The molecule has 2 heterocycles. The zero-order valence-corrected chi connectivity index (χ0v) is 17.4. The molecule has 2 aromatic rings. The molecule has 0 aliphatic heterocycles. The Morgan fingerprint density at radius 2 is 1.93 bits per heavy atom. The molecule has 2 aliphatic carbocycles. The van der Waals surface area contributed by atoms with Crippen LogP contribution in [-0.4, -0.2) is 37.4 Å². The summed E-state index contributed by atoms with van der Waals surface area (Å²) in [6, 6.07) is 5.41. The smallest absolute Gasteiger partial charge is 0.387 e. The second-order valence-corrected chi connectivity index (χ2v) is 9.46. The summed E-state index contributed by atoms with van der Waals surface area (Å²) >= 11 is 0. The van der Waals surface area contributed by atoms with Crippen LogP contribution in [0.4, 0.5) is 14.6 Å². The van der Waals surface area contributed by atoms with Gasteiger partial charge in [-0.05, 0) is 60.8 Å². The normalized spacial score (nSPS) is 25.4. The molecule has 30 heavy (non-hydrogen) atoms. The third-order valence-corrected chi connectivity index (χ3v) is 6.38. The van der Waals surface area contributed by atoms with Gasteiger partial charge in [-0.1, -0.05) is 6.92 Å². The number of halogens is 2. The first-order chi connectivity index (χ1) is 14.1. The zero-order chi connectivity index (χ0) is 21.6.